The van der Waals surface area contributed by atoms with Crippen LogP contribution in [0.15, 0.2) is 23.1 Å². The molecule has 0 spiro atoms. The maximum atomic E-state index is 12.1. The van der Waals surface area contributed by atoms with Crippen molar-refractivity contribution in [3.63, 3.8) is 0 Å². The van der Waals surface area contributed by atoms with Crippen LogP contribution in [0.25, 0.3) is 0 Å². The lowest BCUT2D eigenvalue weighted by molar-refractivity contribution is 0.647. The van der Waals surface area contributed by atoms with E-state index in [1.807, 2.05) is 25.1 Å². The van der Waals surface area contributed by atoms with Gasteiger partial charge < -0.3 is 5.73 Å². The monoisotopic (exact) mass is 253 g/mol. The van der Waals surface area contributed by atoms with Gasteiger partial charge in [0.25, 0.3) is 0 Å². The van der Waals surface area contributed by atoms with E-state index < -0.39 is 10.8 Å². The Kier molecular flexibility index (Phi) is 6.27. The fourth-order valence-electron chi connectivity index (χ4n) is 1.79. The molecule has 2 nitrogen and oxygen atoms in total. The maximum Gasteiger partial charge on any atom is 0.0620 e. The Morgan fingerprint density at radius 1 is 1.18 bits per heavy atom. The van der Waals surface area contributed by atoms with Crippen LogP contribution in [0.1, 0.15) is 44.6 Å². The number of nitrogens with two attached hydrogens (primary N) is 1. The molecule has 0 bridgehead atoms. The zero-order valence-electron chi connectivity index (χ0n) is 10.9. The molecule has 0 aliphatic rings. The molecule has 0 aromatic heterocycles. The van der Waals surface area contributed by atoms with Gasteiger partial charge in [-0.05, 0) is 31.0 Å². The lowest BCUT2D eigenvalue weighted by Gasteiger charge is -2.06. The highest BCUT2D eigenvalue weighted by molar-refractivity contribution is 7.85. The van der Waals surface area contributed by atoms with Crippen molar-refractivity contribution in [3.8, 4) is 0 Å². The third kappa shape index (κ3) is 4.90. The summed E-state index contributed by atoms with van der Waals surface area (Å²) in [7, 11) is -0.936. The van der Waals surface area contributed by atoms with Crippen LogP contribution in [0.2, 0.25) is 0 Å². The zero-order valence-corrected chi connectivity index (χ0v) is 11.7. The van der Waals surface area contributed by atoms with Crippen molar-refractivity contribution in [2.24, 2.45) is 0 Å². The Morgan fingerprint density at radius 2 is 1.88 bits per heavy atom. The predicted octanol–water partition coefficient (Wildman–Crippen LogP) is 3.66. The van der Waals surface area contributed by atoms with Crippen LogP contribution < -0.4 is 5.73 Å². The number of hydrogen-bond acceptors (Lipinski definition) is 2. The van der Waals surface area contributed by atoms with Crippen LogP contribution in [-0.2, 0) is 10.8 Å². The lowest BCUT2D eigenvalue weighted by Crippen LogP contribution is -2.02. The molecule has 1 atom stereocenters. The third-order valence-corrected chi connectivity index (χ3v) is 4.35. The molecule has 96 valence electrons. The number of rotatable bonds is 7. The van der Waals surface area contributed by atoms with Crippen molar-refractivity contribution < 1.29 is 4.21 Å². The molecule has 0 heterocycles. The standard InChI is InChI=1S/C14H23NOS/c1-3-4-5-6-7-10-17(16)14-11-12(2)8-9-13(14)15/h8-9,11H,3-7,10,15H2,1-2H3. The van der Waals surface area contributed by atoms with Crippen molar-refractivity contribution in [3.05, 3.63) is 23.8 Å². The van der Waals surface area contributed by atoms with Gasteiger partial charge in [-0.2, -0.15) is 0 Å². The molecule has 0 aliphatic heterocycles. The molecule has 17 heavy (non-hydrogen) atoms. The van der Waals surface area contributed by atoms with E-state index in [9.17, 15) is 4.21 Å². The average Bonchev–Trinajstić information content (AvgIpc) is 2.32. The molecule has 0 fully saturated rings. The highest BCUT2D eigenvalue weighted by atomic mass is 32.2. The van der Waals surface area contributed by atoms with Gasteiger partial charge in [0, 0.05) is 11.4 Å². The van der Waals surface area contributed by atoms with Crippen LogP contribution in [0.3, 0.4) is 0 Å². The number of aryl methyl sites for hydroxylation is 1. The van der Waals surface area contributed by atoms with Crippen LogP contribution in [0.4, 0.5) is 5.69 Å². The Balaban J connectivity index is 2.44. The number of benzene rings is 1. The van der Waals surface area contributed by atoms with E-state index >= 15 is 0 Å². The van der Waals surface area contributed by atoms with Gasteiger partial charge in [-0.3, -0.25) is 4.21 Å². The topological polar surface area (TPSA) is 43.1 Å². The summed E-state index contributed by atoms with van der Waals surface area (Å²) >= 11 is 0. The van der Waals surface area contributed by atoms with Crippen molar-refractivity contribution >= 4 is 16.5 Å². The molecule has 1 aromatic carbocycles. The fourth-order valence-corrected chi connectivity index (χ4v) is 3.12. The van der Waals surface area contributed by atoms with Crippen molar-refractivity contribution in [2.75, 3.05) is 11.5 Å². The highest BCUT2D eigenvalue weighted by Gasteiger charge is 2.07. The van der Waals surface area contributed by atoms with Crippen molar-refractivity contribution in [1.82, 2.24) is 0 Å². The first-order valence-electron chi connectivity index (χ1n) is 6.39. The average molecular weight is 253 g/mol. The van der Waals surface area contributed by atoms with Gasteiger partial charge in [-0.25, -0.2) is 0 Å². The molecule has 2 N–H and O–H groups in total. The third-order valence-electron chi connectivity index (χ3n) is 2.85. The molecule has 3 heteroatoms. The molecule has 0 saturated heterocycles. The van der Waals surface area contributed by atoms with E-state index in [1.54, 1.807) is 0 Å². The summed E-state index contributed by atoms with van der Waals surface area (Å²) in [4.78, 5) is 0.806. The molecule has 0 radical (unpaired) electrons. The van der Waals surface area contributed by atoms with Crippen molar-refractivity contribution in [1.29, 1.82) is 0 Å². The van der Waals surface area contributed by atoms with E-state index in [4.69, 9.17) is 5.73 Å². The van der Waals surface area contributed by atoms with Crippen molar-refractivity contribution in [2.45, 2.75) is 50.8 Å². The fraction of sp³-hybridized carbons (Fsp3) is 0.571. The second-order valence-corrected chi connectivity index (χ2v) is 6.04. The number of nitrogen functional groups attached to an aromatic ring is 1. The molecular weight excluding hydrogens is 230 g/mol. The quantitative estimate of drug-likeness (QED) is 0.595. The molecule has 0 aliphatic carbocycles. The van der Waals surface area contributed by atoms with E-state index in [1.165, 1.54) is 25.7 Å². The SMILES string of the molecule is CCCCCCCS(=O)c1cc(C)ccc1N. The van der Waals surface area contributed by atoms with E-state index in [-0.39, 0.29) is 0 Å². The Hall–Kier alpha value is -0.830. The smallest absolute Gasteiger partial charge is 0.0620 e. The predicted molar refractivity (Wildman–Crippen MR) is 75.6 cm³/mol. The van der Waals surface area contributed by atoms with E-state index in [0.717, 1.165) is 22.6 Å². The van der Waals surface area contributed by atoms with Gasteiger partial charge in [0.2, 0.25) is 0 Å². The molecule has 0 amide bonds. The first-order chi connectivity index (χ1) is 8.15. The Bertz CT molecular complexity index is 376. The van der Waals surface area contributed by atoms with E-state index in [0.29, 0.717) is 5.69 Å². The lowest BCUT2D eigenvalue weighted by atomic mass is 10.2. The largest absolute Gasteiger partial charge is 0.398 e. The number of unbranched alkanes of at least 4 members (excludes halogenated alkanes) is 4. The Labute approximate surface area is 107 Å². The minimum Gasteiger partial charge on any atom is -0.398 e. The van der Waals surface area contributed by atoms with Gasteiger partial charge in [-0.1, -0.05) is 38.7 Å². The molecule has 1 unspecified atom stereocenters. The second kappa shape index (κ2) is 7.49. The zero-order chi connectivity index (χ0) is 12.7. The highest BCUT2D eigenvalue weighted by Crippen LogP contribution is 2.19. The number of hydrogen-bond donors (Lipinski definition) is 1. The summed E-state index contributed by atoms with van der Waals surface area (Å²) in [5, 5.41) is 0. The van der Waals surface area contributed by atoms with Crippen LogP contribution in [-0.4, -0.2) is 9.96 Å². The minimum absolute atomic E-state index is 0.655. The summed E-state index contributed by atoms with van der Waals surface area (Å²) in [5.41, 5.74) is 7.62. The molecule has 1 aromatic rings. The summed E-state index contributed by atoms with van der Waals surface area (Å²) < 4.78 is 12.1. The summed E-state index contributed by atoms with van der Waals surface area (Å²) in [6, 6.07) is 5.74. The first-order valence-corrected chi connectivity index (χ1v) is 7.71. The van der Waals surface area contributed by atoms with Crippen LogP contribution in [0, 0.1) is 6.92 Å². The van der Waals surface area contributed by atoms with Crippen LogP contribution in [0.5, 0.6) is 0 Å². The van der Waals surface area contributed by atoms with Gasteiger partial charge in [0.15, 0.2) is 0 Å². The molecular formula is C14H23NOS. The van der Waals surface area contributed by atoms with Gasteiger partial charge in [0.1, 0.15) is 0 Å². The molecule has 0 saturated carbocycles. The van der Waals surface area contributed by atoms with Crippen LogP contribution >= 0.6 is 0 Å². The first kappa shape index (κ1) is 14.2. The Morgan fingerprint density at radius 3 is 2.59 bits per heavy atom. The van der Waals surface area contributed by atoms with Gasteiger partial charge >= 0.3 is 0 Å². The number of anilines is 1. The summed E-state index contributed by atoms with van der Waals surface area (Å²) in [6.07, 6.45) is 5.97. The normalized spacial score (nSPS) is 12.6. The summed E-state index contributed by atoms with van der Waals surface area (Å²) in [5.74, 6) is 0.733. The van der Waals surface area contributed by atoms with Gasteiger partial charge in [-0.15, -0.1) is 0 Å². The maximum absolute atomic E-state index is 12.1. The summed E-state index contributed by atoms with van der Waals surface area (Å²) in [6.45, 7) is 4.20. The minimum atomic E-state index is -0.936. The molecule has 1 rings (SSSR count). The second-order valence-electron chi connectivity index (χ2n) is 4.51. The van der Waals surface area contributed by atoms with E-state index in [2.05, 4.69) is 6.92 Å². The van der Waals surface area contributed by atoms with Gasteiger partial charge in [0.05, 0.1) is 15.7 Å².